The first-order valence-corrected chi connectivity index (χ1v) is 8.19. The highest BCUT2D eigenvalue weighted by atomic mass is 35.5. The molecule has 2 amide bonds. The SMILES string of the molecule is CC(CCS(C)=O)NC(=O)Nc1cc(Cl)ccc1Cl. The maximum absolute atomic E-state index is 11.7. The van der Waals surface area contributed by atoms with E-state index in [9.17, 15) is 9.00 Å². The number of halogens is 2. The first-order chi connectivity index (χ1) is 8.88. The molecule has 0 saturated heterocycles. The van der Waals surface area contributed by atoms with Crippen molar-refractivity contribution in [3.63, 3.8) is 0 Å². The summed E-state index contributed by atoms with van der Waals surface area (Å²) in [6.07, 6.45) is 2.29. The number of anilines is 1. The van der Waals surface area contributed by atoms with Crippen molar-refractivity contribution in [2.45, 2.75) is 19.4 Å². The molecule has 1 aromatic carbocycles. The Morgan fingerprint density at radius 3 is 2.74 bits per heavy atom. The summed E-state index contributed by atoms with van der Waals surface area (Å²) in [7, 11) is -0.856. The fourth-order valence-electron chi connectivity index (χ4n) is 1.39. The van der Waals surface area contributed by atoms with Gasteiger partial charge in [-0.3, -0.25) is 4.21 Å². The molecule has 0 fully saturated rings. The van der Waals surface area contributed by atoms with Crippen LogP contribution in [-0.4, -0.2) is 28.3 Å². The summed E-state index contributed by atoms with van der Waals surface area (Å²) < 4.78 is 11.0. The Labute approximate surface area is 125 Å². The van der Waals surface area contributed by atoms with Crippen LogP contribution in [0.5, 0.6) is 0 Å². The number of nitrogens with one attached hydrogen (secondary N) is 2. The monoisotopic (exact) mass is 322 g/mol. The van der Waals surface area contributed by atoms with Crippen molar-refractivity contribution < 1.29 is 9.00 Å². The van der Waals surface area contributed by atoms with E-state index in [1.54, 1.807) is 24.5 Å². The Morgan fingerprint density at radius 1 is 1.42 bits per heavy atom. The average molecular weight is 323 g/mol. The van der Waals surface area contributed by atoms with Crippen molar-refractivity contribution in [2.75, 3.05) is 17.3 Å². The number of hydrogen-bond donors (Lipinski definition) is 2. The van der Waals surface area contributed by atoms with Gasteiger partial charge in [-0.2, -0.15) is 0 Å². The van der Waals surface area contributed by atoms with Crippen LogP contribution in [0.2, 0.25) is 10.0 Å². The highest BCUT2D eigenvalue weighted by Gasteiger charge is 2.10. The minimum atomic E-state index is -0.856. The third-order valence-corrected chi connectivity index (χ3v) is 3.77. The molecule has 0 spiro atoms. The predicted octanol–water partition coefficient (Wildman–Crippen LogP) is 3.27. The highest BCUT2D eigenvalue weighted by Crippen LogP contribution is 2.25. The second-order valence-corrected chi connectivity index (χ2v) is 6.59. The van der Waals surface area contributed by atoms with E-state index in [1.165, 1.54) is 0 Å². The molecule has 2 N–H and O–H groups in total. The van der Waals surface area contributed by atoms with Crippen molar-refractivity contribution in [3.8, 4) is 0 Å². The molecule has 0 saturated carbocycles. The summed E-state index contributed by atoms with van der Waals surface area (Å²) in [5.41, 5.74) is 0.456. The predicted molar refractivity (Wildman–Crippen MR) is 81.6 cm³/mol. The summed E-state index contributed by atoms with van der Waals surface area (Å²) in [6.45, 7) is 1.85. The van der Waals surface area contributed by atoms with Crippen LogP contribution < -0.4 is 10.6 Å². The second kappa shape index (κ2) is 7.72. The van der Waals surface area contributed by atoms with Crippen LogP contribution in [0.3, 0.4) is 0 Å². The molecule has 0 aliphatic carbocycles. The first kappa shape index (κ1) is 16.3. The number of carbonyl (C=O) groups is 1. The number of hydrogen-bond acceptors (Lipinski definition) is 2. The smallest absolute Gasteiger partial charge is 0.319 e. The molecular weight excluding hydrogens is 307 g/mol. The molecule has 0 heterocycles. The lowest BCUT2D eigenvalue weighted by molar-refractivity contribution is 0.249. The van der Waals surface area contributed by atoms with E-state index >= 15 is 0 Å². The van der Waals surface area contributed by atoms with Crippen molar-refractivity contribution in [2.24, 2.45) is 0 Å². The van der Waals surface area contributed by atoms with E-state index in [-0.39, 0.29) is 12.1 Å². The van der Waals surface area contributed by atoms with Gasteiger partial charge in [-0.15, -0.1) is 0 Å². The molecule has 4 nitrogen and oxygen atoms in total. The molecule has 2 unspecified atom stereocenters. The van der Waals surface area contributed by atoms with Crippen LogP contribution in [0.15, 0.2) is 18.2 Å². The second-order valence-electron chi connectivity index (χ2n) is 4.19. The average Bonchev–Trinajstić information content (AvgIpc) is 2.31. The number of amides is 2. The molecule has 19 heavy (non-hydrogen) atoms. The number of benzene rings is 1. The fourth-order valence-corrected chi connectivity index (χ4v) is 2.41. The van der Waals surface area contributed by atoms with Crippen molar-refractivity contribution in [3.05, 3.63) is 28.2 Å². The molecule has 106 valence electrons. The van der Waals surface area contributed by atoms with Gasteiger partial charge in [-0.25, -0.2) is 4.79 Å². The highest BCUT2D eigenvalue weighted by molar-refractivity contribution is 7.84. The summed E-state index contributed by atoms with van der Waals surface area (Å²) in [5.74, 6) is 0.555. The van der Waals surface area contributed by atoms with E-state index in [1.807, 2.05) is 6.92 Å². The minimum Gasteiger partial charge on any atom is -0.335 e. The van der Waals surface area contributed by atoms with Gasteiger partial charge in [-0.1, -0.05) is 23.2 Å². The summed E-state index contributed by atoms with van der Waals surface area (Å²) in [4.78, 5) is 11.7. The van der Waals surface area contributed by atoms with Gasteiger partial charge in [0, 0.05) is 33.9 Å². The molecule has 0 aliphatic rings. The maximum atomic E-state index is 11.7. The van der Waals surface area contributed by atoms with E-state index in [4.69, 9.17) is 23.2 Å². The molecule has 2 atom stereocenters. The van der Waals surface area contributed by atoms with Crippen LogP contribution in [0.1, 0.15) is 13.3 Å². The van der Waals surface area contributed by atoms with Gasteiger partial charge in [0.1, 0.15) is 0 Å². The van der Waals surface area contributed by atoms with Crippen LogP contribution in [0.25, 0.3) is 0 Å². The van der Waals surface area contributed by atoms with Crippen molar-refractivity contribution in [1.29, 1.82) is 0 Å². The summed E-state index contributed by atoms with van der Waals surface area (Å²) in [6, 6.07) is 4.41. The fraction of sp³-hybridized carbons (Fsp3) is 0.417. The summed E-state index contributed by atoms with van der Waals surface area (Å²) in [5, 5.41) is 6.28. The van der Waals surface area contributed by atoms with Crippen molar-refractivity contribution >= 4 is 45.7 Å². The van der Waals surface area contributed by atoms with E-state index in [0.717, 1.165) is 0 Å². The Hall–Kier alpha value is -0.780. The molecule has 7 heteroatoms. The third-order valence-electron chi connectivity index (χ3n) is 2.39. The van der Waals surface area contributed by atoms with Crippen LogP contribution >= 0.6 is 23.2 Å². The van der Waals surface area contributed by atoms with Gasteiger partial charge in [0.05, 0.1) is 10.7 Å². The maximum Gasteiger partial charge on any atom is 0.319 e. The topological polar surface area (TPSA) is 58.2 Å². The molecular formula is C12H16Cl2N2O2S. The van der Waals surface area contributed by atoms with E-state index in [2.05, 4.69) is 10.6 Å². The van der Waals surface area contributed by atoms with Gasteiger partial charge < -0.3 is 10.6 Å². The number of urea groups is 1. The molecule has 0 radical (unpaired) electrons. The third kappa shape index (κ3) is 6.27. The van der Waals surface area contributed by atoms with Crippen LogP contribution in [0.4, 0.5) is 10.5 Å². The zero-order valence-corrected chi connectivity index (χ0v) is 13.0. The van der Waals surface area contributed by atoms with Gasteiger partial charge in [0.25, 0.3) is 0 Å². The molecule has 0 aliphatic heterocycles. The van der Waals surface area contributed by atoms with Crippen molar-refractivity contribution in [1.82, 2.24) is 5.32 Å². The quantitative estimate of drug-likeness (QED) is 0.874. The molecule has 0 aromatic heterocycles. The van der Waals surface area contributed by atoms with E-state index < -0.39 is 10.8 Å². The Balaban J connectivity index is 2.50. The Morgan fingerprint density at radius 2 is 2.11 bits per heavy atom. The molecule has 1 aromatic rings. The lowest BCUT2D eigenvalue weighted by Gasteiger charge is -2.14. The van der Waals surface area contributed by atoms with Gasteiger partial charge >= 0.3 is 6.03 Å². The van der Waals surface area contributed by atoms with Gasteiger partial charge in [0.2, 0.25) is 0 Å². The van der Waals surface area contributed by atoms with Crippen LogP contribution in [0, 0.1) is 0 Å². The number of carbonyl (C=O) groups excluding carboxylic acids is 1. The zero-order chi connectivity index (χ0) is 14.4. The van der Waals surface area contributed by atoms with Gasteiger partial charge in [0.15, 0.2) is 0 Å². The standard InChI is InChI=1S/C12H16Cl2N2O2S/c1-8(5-6-19(2)18)15-12(17)16-11-7-9(13)3-4-10(11)14/h3-4,7-8H,5-6H2,1-2H3,(H2,15,16,17). The molecule has 0 bridgehead atoms. The Kier molecular flexibility index (Phi) is 6.62. The number of rotatable bonds is 5. The van der Waals surface area contributed by atoms with Gasteiger partial charge in [-0.05, 0) is 31.5 Å². The zero-order valence-electron chi connectivity index (χ0n) is 10.7. The molecule has 1 rings (SSSR count). The Bertz CT molecular complexity index is 483. The largest absolute Gasteiger partial charge is 0.335 e. The first-order valence-electron chi connectivity index (χ1n) is 5.71. The lowest BCUT2D eigenvalue weighted by atomic mass is 10.2. The lowest BCUT2D eigenvalue weighted by Crippen LogP contribution is -2.36. The normalized spacial score (nSPS) is 13.7. The van der Waals surface area contributed by atoms with Crippen LogP contribution in [-0.2, 0) is 10.8 Å². The summed E-state index contributed by atoms with van der Waals surface area (Å²) >= 11 is 11.8. The van der Waals surface area contributed by atoms with E-state index in [0.29, 0.717) is 27.9 Å². The minimum absolute atomic E-state index is 0.0677.